The van der Waals surface area contributed by atoms with Gasteiger partial charge in [0.1, 0.15) is 11.9 Å². The van der Waals surface area contributed by atoms with E-state index in [-0.39, 0.29) is 17.6 Å². The third kappa shape index (κ3) is 3.17. The van der Waals surface area contributed by atoms with Crippen LogP contribution in [0.25, 0.3) is 10.9 Å². The summed E-state index contributed by atoms with van der Waals surface area (Å²) in [6.07, 6.45) is 8.59. The van der Waals surface area contributed by atoms with Crippen molar-refractivity contribution in [1.29, 1.82) is 0 Å². The van der Waals surface area contributed by atoms with E-state index < -0.39 is 0 Å². The Balaban J connectivity index is 1.54. The molecule has 1 aliphatic heterocycles. The number of carbonyl (C=O) groups is 1. The summed E-state index contributed by atoms with van der Waals surface area (Å²) in [6, 6.07) is 3.68. The van der Waals surface area contributed by atoms with Gasteiger partial charge in [0.05, 0.1) is 16.5 Å². The van der Waals surface area contributed by atoms with Crippen molar-refractivity contribution in [2.45, 2.75) is 25.9 Å². The minimum atomic E-state index is -0.138. The van der Waals surface area contributed by atoms with Gasteiger partial charge < -0.3 is 18.8 Å². The lowest BCUT2D eigenvalue weighted by Crippen LogP contribution is -2.42. The van der Waals surface area contributed by atoms with Gasteiger partial charge in [-0.25, -0.2) is 0 Å². The van der Waals surface area contributed by atoms with E-state index in [9.17, 15) is 9.59 Å². The highest BCUT2D eigenvalue weighted by atomic mass is 16.5. The van der Waals surface area contributed by atoms with Crippen molar-refractivity contribution in [3.63, 3.8) is 0 Å². The zero-order chi connectivity index (χ0) is 19.8. The fourth-order valence-electron chi connectivity index (χ4n) is 4.02. The quantitative estimate of drug-likeness (QED) is 0.699. The van der Waals surface area contributed by atoms with Gasteiger partial charge in [-0.1, -0.05) is 0 Å². The number of amides is 1. The molecule has 0 radical (unpaired) electrons. The van der Waals surface area contributed by atoms with E-state index in [1.54, 1.807) is 36.4 Å². The van der Waals surface area contributed by atoms with E-state index in [4.69, 9.17) is 4.74 Å². The Morgan fingerprint density at radius 2 is 1.79 bits per heavy atom. The van der Waals surface area contributed by atoms with Crippen LogP contribution in [0, 0.1) is 6.92 Å². The number of aryl methyl sites for hydroxylation is 3. The van der Waals surface area contributed by atoms with E-state index in [1.807, 2.05) is 35.6 Å². The van der Waals surface area contributed by atoms with Gasteiger partial charge in [0.25, 0.3) is 11.5 Å². The zero-order valence-electron chi connectivity index (χ0n) is 16.4. The third-order valence-electron chi connectivity index (χ3n) is 5.39. The van der Waals surface area contributed by atoms with E-state index in [0.29, 0.717) is 24.0 Å². The van der Waals surface area contributed by atoms with E-state index >= 15 is 0 Å². The highest BCUT2D eigenvalue weighted by Gasteiger charge is 2.28. The standard InChI is InChI=1S/C21H24N4O3/c1-14-12-24(3)21(27)18-17(13-23(2)19(14)18)20(26)25-10-6-16(7-11-25)28-15-4-8-22-9-5-15/h4-5,8-9,12-13,16H,6-7,10-11H2,1-3H3. The number of likely N-dealkylation sites (tertiary alicyclic amines) is 1. The molecule has 3 aromatic heterocycles. The molecule has 1 saturated heterocycles. The summed E-state index contributed by atoms with van der Waals surface area (Å²) in [5.41, 5.74) is 2.14. The van der Waals surface area contributed by atoms with Gasteiger partial charge in [-0.3, -0.25) is 14.6 Å². The molecule has 7 heteroatoms. The number of piperidine rings is 1. The van der Waals surface area contributed by atoms with E-state index in [2.05, 4.69) is 4.98 Å². The lowest BCUT2D eigenvalue weighted by atomic mass is 10.1. The molecule has 0 N–H and O–H groups in total. The van der Waals surface area contributed by atoms with Crippen LogP contribution in [0.1, 0.15) is 28.8 Å². The van der Waals surface area contributed by atoms with Crippen LogP contribution >= 0.6 is 0 Å². The molecular formula is C21H24N4O3. The molecule has 7 nitrogen and oxygen atoms in total. The molecule has 4 heterocycles. The number of hydrogen-bond donors (Lipinski definition) is 0. The summed E-state index contributed by atoms with van der Waals surface area (Å²) in [5, 5.41) is 0.505. The van der Waals surface area contributed by atoms with Crippen molar-refractivity contribution in [2.24, 2.45) is 14.1 Å². The van der Waals surface area contributed by atoms with Crippen LogP contribution in [-0.4, -0.2) is 44.1 Å². The molecule has 28 heavy (non-hydrogen) atoms. The molecule has 0 spiro atoms. The second kappa shape index (κ2) is 7.14. The van der Waals surface area contributed by atoms with E-state index in [1.165, 1.54) is 0 Å². The Labute approximate surface area is 163 Å². The summed E-state index contributed by atoms with van der Waals surface area (Å²) in [4.78, 5) is 31.7. The number of nitrogens with zero attached hydrogens (tertiary/aromatic N) is 4. The smallest absolute Gasteiger partial charge is 0.260 e. The van der Waals surface area contributed by atoms with E-state index in [0.717, 1.165) is 29.7 Å². The largest absolute Gasteiger partial charge is 0.490 e. The SMILES string of the molecule is Cc1cn(C)c(=O)c2c(C(=O)N3CCC(Oc4ccncc4)CC3)cn(C)c12. The second-order valence-electron chi connectivity index (χ2n) is 7.40. The molecule has 3 aromatic rings. The first-order chi connectivity index (χ1) is 13.5. The number of aromatic nitrogens is 3. The molecule has 0 unspecified atom stereocenters. The number of carbonyl (C=O) groups excluding carboxylic acids is 1. The average molecular weight is 380 g/mol. The predicted molar refractivity (Wildman–Crippen MR) is 107 cm³/mol. The Bertz CT molecular complexity index is 1080. The van der Waals surface area contributed by atoms with Crippen LogP contribution in [0.2, 0.25) is 0 Å². The number of ether oxygens (including phenoxy) is 1. The van der Waals surface area contributed by atoms with Crippen molar-refractivity contribution < 1.29 is 9.53 Å². The van der Waals surface area contributed by atoms with Crippen molar-refractivity contribution >= 4 is 16.8 Å². The first kappa shape index (κ1) is 18.3. The van der Waals surface area contributed by atoms with Gasteiger partial charge in [0, 0.05) is 64.8 Å². The predicted octanol–water partition coefficient (Wildman–Crippen LogP) is 2.26. The van der Waals surface area contributed by atoms with Gasteiger partial charge in [-0.2, -0.15) is 0 Å². The summed E-state index contributed by atoms with van der Waals surface area (Å²) >= 11 is 0. The van der Waals surface area contributed by atoms with Crippen molar-refractivity contribution in [3.05, 3.63) is 58.4 Å². The normalized spacial score (nSPS) is 15.2. The second-order valence-corrected chi connectivity index (χ2v) is 7.40. The lowest BCUT2D eigenvalue weighted by molar-refractivity contribution is 0.0597. The van der Waals surface area contributed by atoms with Gasteiger partial charge in [0.15, 0.2) is 0 Å². The molecule has 0 atom stereocenters. The summed E-state index contributed by atoms with van der Waals surface area (Å²) < 4.78 is 9.40. The van der Waals surface area contributed by atoms with Crippen LogP contribution < -0.4 is 10.3 Å². The molecule has 146 valence electrons. The van der Waals surface area contributed by atoms with Crippen molar-refractivity contribution in [3.8, 4) is 5.75 Å². The summed E-state index contributed by atoms with van der Waals surface area (Å²) in [7, 11) is 3.60. The summed E-state index contributed by atoms with van der Waals surface area (Å²) in [6.45, 7) is 3.17. The molecule has 0 bridgehead atoms. The molecule has 4 rings (SSSR count). The lowest BCUT2D eigenvalue weighted by Gasteiger charge is -2.32. The molecule has 0 aromatic carbocycles. The molecule has 1 fully saturated rings. The highest BCUT2D eigenvalue weighted by Crippen LogP contribution is 2.24. The van der Waals surface area contributed by atoms with Crippen LogP contribution in [-0.2, 0) is 14.1 Å². The van der Waals surface area contributed by atoms with Crippen LogP contribution in [0.4, 0.5) is 0 Å². The van der Waals surface area contributed by atoms with Gasteiger partial charge in [-0.15, -0.1) is 0 Å². The van der Waals surface area contributed by atoms with Crippen LogP contribution in [0.5, 0.6) is 5.75 Å². The number of hydrogen-bond acceptors (Lipinski definition) is 4. The number of fused-ring (bicyclic) bond motifs is 1. The molecule has 1 aliphatic rings. The first-order valence-corrected chi connectivity index (χ1v) is 9.47. The Morgan fingerprint density at radius 3 is 2.46 bits per heavy atom. The average Bonchev–Trinajstić information content (AvgIpc) is 3.05. The topological polar surface area (TPSA) is 69.4 Å². The van der Waals surface area contributed by atoms with Gasteiger partial charge in [0.2, 0.25) is 0 Å². The minimum absolute atomic E-state index is 0.0779. The Hall–Kier alpha value is -3.09. The fraction of sp³-hybridized carbons (Fsp3) is 0.381. The maximum Gasteiger partial charge on any atom is 0.260 e. The number of rotatable bonds is 3. The Morgan fingerprint density at radius 1 is 1.11 bits per heavy atom. The highest BCUT2D eigenvalue weighted by molar-refractivity contribution is 6.07. The zero-order valence-corrected chi connectivity index (χ0v) is 16.4. The maximum absolute atomic E-state index is 13.2. The molecule has 0 saturated carbocycles. The van der Waals surface area contributed by atoms with Crippen LogP contribution in [0.15, 0.2) is 41.7 Å². The van der Waals surface area contributed by atoms with Crippen LogP contribution in [0.3, 0.4) is 0 Å². The van der Waals surface area contributed by atoms with Crippen molar-refractivity contribution in [1.82, 2.24) is 19.0 Å². The fourth-order valence-corrected chi connectivity index (χ4v) is 4.02. The monoisotopic (exact) mass is 380 g/mol. The molecular weight excluding hydrogens is 356 g/mol. The maximum atomic E-state index is 13.2. The first-order valence-electron chi connectivity index (χ1n) is 9.47. The Kier molecular flexibility index (Phi) is 4.66. The van der Waals surface area contributed by atoms with Crippen molar-refractivity contribution in [2.75, 3.05) is 13.1 Å². The third-order valence-corrected chi connectivity index (χ3v) is 5.39. The van der Waals surface area contributed by atoms with Gasteiger partial charge >= 0.3 is 0 Å². The van der Waals surface area contributed by atoms with Gasteiger partial charge in [-0.05, 0) is 24.6 Å². The minimum Gasteiger partial charge on any atom is -0.490 e. The number of pyridine rings is 2. The molecule has 0 aliphatic carbocycles. The molecule has 1 amide bonds. The summed E-state index contributed by atoms with van der Waals surface area (Å²) in [5.74, 6) is 0.712.